The van der Waals surface area contributed by atoms with Crippen molar-refractivity contribution in [3.05, 3.63) is 63.1 Å². The predicted molar refractivity (Wildman–Crippen MR) is 72.6 cm³/mol. The molecule has 0 amide bonds. The number of fused-ring (bicyclic) bond motifs is 1. The number of nitrogens with one attached hydrogen (secondary N) is 2. The second-order valence-corrected chi connectivity index (χ2v) is 3.96. The SMILES string of the molecule is O=c1[nH]c2nc[nH]c2c(=O)n1/C=C/c1ccccc1. The van der Waals surface area contributed by atoms with Crippen LogP contribution in [-0.2, 0) is 0 Å². The number of hydrogen-bond acceptors (Lipinski definition) is 3. The minimum absolute atomic E-state index is 0.263. The Hall–Kier alpha value is -2.89. The number of hydrogen-bond donors (Lipinski definition) is 2. The van der Waals surface area contributed by atoms with Crippen LogP contribution in [0.4, 0.5) is 0 Å². The highest BCUT2D eigenvalue weighted by atomic mass is 16.2. The van der Waals surface area contributed by atoms with Crippen LogP contribution in [0.5, 0.6) is 0 Å². The molecule has 0 aliphatic rings. The number of aromatic amines is 2. The fourth-order valence-electron chi connectivity index (χ4n) is 1.79. The molecule has 0 spiro atoms. The molecule has 19 heavy (non-hydrogen) atoms. The molecule has 0 bridgehead atoms. The number of nitrogens with zero attached hydrogens (tertiary/aromatic N) is 2. The maximum Gasteiger partial charge on any atom is 0.334 e. The van der Waals surface area contributed by atoms with Gasteiger partial charge in [-0.3, -0.25) is 9.78 Å². The molecule has 3 rings (SSSR count). The first kappa shape index (κ1) is 11.2. The second kappa shape index (κ2) is 4.41. The summed E-state index contributed by atoms with van der Waals surface area (Å²) in [5.41, 5.74) is 0.496. The van der Waals surface area contributed by atoms with Crippen LogP contribution >= 0.6 is 0 Å². The van der Waals surface area contributed by atoms with Gasteiger partial charge in [0.05, 0.1) is 6.33 Å². The van der Waals surface area contributed by atoms with Gasteiger partial charge in [0.25, 0.3) is 5.56 Å². The van der Waals surface area contributed by atoms with Crippen LogP contribution < -0.4 is 11.2 Å². The van der Waals surface area contributed by atoms with Crippen LogP contribution in [0.1, 0.15) is 5.56 Å². The van der Waals surface area contributed by atoms with E-state index in [1.54, 1.807) is 6.08 Å². The molecular weight excluding hydrogens is 244 g/mol. The molecule has 0 fully saturated rings. The zero-order valence-corrected chi connectivity index (χ0v) is 9.83. The van der Waals surface area contributed by atoms with Gasteiger partial charge in [0.2, 0.25) is 0 Å². The highest BCUT2D eigenvalue weighted by molar-refractivity contribution is 5.69. The van der Waals surface area contributed by atoms with Gasteiger partial charge in [-0.15, -0.1) is 0 Å². The lowest BCUT2D eigenvalue weighted by Crippen LogP contribution is -2.31. The van der Waals surface area contributed by atoms with Crippen molar-refractivity contribution in [2.75, 3.05) is 0 Å². The number of H-pyrrole nitrogens is 2. The van der Waals surface area contributed by atoms with E-state index in [-0.39, 0.29) is 11.2 Å². The van der Waals surface area contributed by atoms with Gasteiger partial charge in [-0.25, -0.2) is 14.3 Å². The van der Waals surface area contributed by atoms with Gasteiger partial charge in [-0.2, -0.15) is 0 Å². The number of imidazole rings is 1. The van der Waals surface area contributed by atoms with Crippen LogP contribution in [0.25, 0.3) is 23.4 Å². The molecule has 0 atom stereocenters. The third-order valence-corrected chi connectivity index (χ3v) is 2.73. The van der Waals surface area contributed by atoms with Crippen LogP contribution in [0, 0.1) is 0 Å². The van der Waals surface area contributed by atoms with E-state index in [9.17, 15) is 9.59 Å². The maximum absolute atomic E-state index is 12.1. The normalized spacial score (nSPS) is 11.4. The van der Waals surface area contributed by atoms with Gasteiger partial charge >= 0.3 is 5.69 Å². The minimum Gasteiger partial charge on any atom is -0.339 e. The first-order valence-corrected chi connectivity index (χ1v) is 5.67. The number of rotatable bonds is 2. The molecule has 2 heterocycles. The largest absolute Gasteiger partial charge is 0.339 e. The molecule has 2 N–H and O–H groups in total. The lowest BCUT2D eigenvalue weighted by Gasteiger charge is -1.97. The van der Waals surface area contributed by atoms with Crippen molar-refractivity contribution in [3.63, 3.8) is 0 Å². The Morgan fingerprint density at radius 2 is 1.95 bits per heavy atom. The third-order valence-electron chi connectivity index (χ3n) is 2.73. The molecule has 0 aliphatic carbocycles. The fourth-order valence-corrected chi connectivity index (χ4v) is 1.79. The molecule has 3 aromatic rings. The van der Waals surface area contributed by atoms with E-state index in [0.29, 0.717) is 0 Å². The first-order valence-electron chi connectivity index (χ1n) is 5.67. The fraction of sp³-hybridized carbons (Fsp3) is 0. The molecule has 0 saturated heterocycles. The van der Waals surface area contributed by atoms with Crippen molar-refractivity contribution in [1.82, 2.24) is 19.5 Å². The molecular formula is C13H10N4O2. The zero-order chi connectivity index (χ0) is 13.2. The van der Waals surface area contributed by atoms with Gasteiger partial charge in [0.15, 0.2) is 5.65 Å². The molecule has 2 aromatic heterocycles. The third kappa shape index (κ3) is 1.99. The first-order chi connectivity index (χ1) is 9.25. The maximum atomic E-state index is 12.1. The van der Waals surface area contributed by atoms with Crippen molar-refractivity contribution in [2.45, 2.75) is 0 Å². The van der Waals surface area contributed by atoms with E-state index in [1.165, 1.54) is 12.5 Å². The average Bonchev–Trinajstić information content (AvgIpc) is 2.88. The summed E-state index contributed by atoms with van der Waals surface area (Å²) in [6.07, 6.45) is 4.50. The Labute approximate surface area is 107 Å². The Morgan fingerprint density at radius 1 is 1.16 bits per heavy atom. The van der Waals surface area contributed by atoms with Crippen molar-refractivity contribution < 1.29 is 0 Å². The lowest BCUT2D eigenvalue weighted by atomic mass is 10.2. The van der Waals surface area contributed by atoms with E-state index in [2.05, 4.69) is 15.0 Å². The zero-order valence-electron chi connectivity index (χ0n) is 9.83. The highest BCUT2D eigenvalue weighted by Gasteiger charge is 2.06. The molecule has 1 aromatic carbocycles. The van der Waals surface area contributed by atoms with Gasteiger partial charge in [-0.1, -0.05) is 30.3 Å². The Bertz CT molecular complexity index is 855. The van der Waals surface area contributed by atoms with Crippen molar-refractivity contribution in [3.8, 4) is 0 Å². The molecule has 0 radical (unpaired) electrons. The monoisotopic (exact) mass is 254 g/mol. The molecule has 6 heteroatoms. The highest BCUT2D eigenvalue weighted by Crippen LogP contribution is 2.01. The predicted octanol–water partition coefficient (Wildman–Crippen LogP) is 1.04. The summed E-state index contributed by atoms with van der Waals surface area (Å²) >= 11 is 0. The topological polar surface area (TPSA) is 83.5 Å². The van der Waals surface area contributed by atoms with E-state index >= 15 is 0 Å². The second-order valence-electron chi connectivity index (χ2n) is 3.96. The molecule has 0 saturated carbocycles. The van der Waals surface area contributed by atoms with Crippen LogP contribution in [-0.4, -0.2) is 19.5 Å². The number of aromatic nitrogens is 4. The molecule has 0 aliphatic heterocycles. The summed E-state index contributed by atoms with van der Waals surface area (Å²) in [5, 5.41) is 0. The Morgan fingerprint density at radius 3 is 2.74 bits per heavy atom. The summed E-state index contributed by atoms with van der Waals surface area (Å²) in [5.74, 6) is 0. The van der Waals surface area contributed by atoms with Crippen molar-refractivity contribution >= 4 is 23.4 Å². The average molecular weight is 254 g/mol. The van der Waals surface area contributed by atoms with Crippen molar-refractivity contribution in [1.29, 1.82) is 0 Å². The Kier molecular flexibility index (Phi) is 2.60. The lowest BCUT2D eigenvalue weighted by molar-refractivity contribution is 0.947. The summed E-state index contributed by atoms with van der Waals surface area (Å²) in [4.78, 5) is 32.9. The summed E-state index contributed by atoms with van der Waals surface area (Å²) in [6, 6.07) is 9.41. The standard InChI is InChI=1S/C13H10N4O2/c18-12-10-11(15-8-14-10)16-13(19)17(12)7-6-9-4-2-1-3-5-9/h1-8H,(H,14,15)(H,16,19)/b7-6+. The van der Waals surface area contributed by atoms with Crippen LogP contribution in [0.2, 0.25) is 0 Å². The minimum atomic E-state index is -0.517. The van der Waals surface area contributed by atoms with Crippen LogP contribution in [0.3, 0.4) is 0 Å². The van der Waals surface area contributed by atoms with Crippen LogP contribution in [0.15, 0.2) is 46.2 Å². The summed E-state index contributed by atoms with van der Waals surface area (Å²) in [6.45, 7) is 0. The number of benzene rings is 1. The van der Waals surface area contributed by atoms with E-state index in [1.807, 2.05) is 30.3 Å². The summed E-state index contributed by atoms with van der Waals surface area (Å²) in [7, 11) is 0. The Balaban J connectivity index is 2.13. The van der Waals surface area contributed by atoms with Gasteiger partial charge in [0.1, 0.15) is 5.52 Å². The van der Waals surface area contributed by atoms with E-state index < -0.39 is 11.2 Å². The molecule has 94 valence electrons. The van der Waals surface area contributed by atoms with Gasteiger partial charge in [-0.05, 0) is 11.6 Å². The van der Waals surface area contributed by atoms with Gasteiger partial charge < -0.3 is 4.98 Å². The smallest absolute Gasteiger partial charge is 0.334 e. The van der Waals surface area contributed by atoms with Crippen molar-refractivity contribution in [2.24, 2.45) is 0 Å². The molecule has 0 unspecified atom stereocenters. The van der Waals surface area contributed by atoms with Gasteiger partial charge in [0, 0.05) is 6.20 Å². The van der Waals surface area contributed by atoms with E-state index in [4.69, 9.17) is 0 Å². The quantitative estimate of drug-likeness (QED) is 0.716. The van der Waals surface area contributed by atoms with E-state index in [0.717, 1.165) is 10.1 Å². The summed E-state index contributed by atoms with van der Waals surface area (Å²) < 4.78 is 1.01. The molecule has 6 nitrogen and oxygen atoms in total.